The molecule has 2 nitrogen and oxygen atoms in total. The highest BCUT2D eigenvalue weighted by Crippen LogP contribution is 2.28. The van der Waals surface area contributed by atoms with Gasteiger partial charge in [0.1, 0.15) is 39.3 Å². The molecule has 3 heterocycles. The number of rotatable bonds is 10. The van der Waals surface area contributed by atoms with Crippen molar-refractivity contribution in [2.45, 2.75) is 65.2 Å². The summed E-state index contributed by atoms with van der Waals surface area (Å²) in [6.45, 7) is 16.5. The summed E-state index contributed by atoms with van der Waals surface area (Å²) >= 11 is 0. The molecule has 3 rings (SSSR count). The minimum atomic E-state index is 0. The summed E-state index contributed by atoms with van der Waals surface area (Å²) < 4.78 is 2.97. The van der Waals surface area contributed by atoms with Crippen molar-refractivity contribution in [1.82, 2.24) is 0 Å². The summed E-state index contributed by atoms with van der Waals surface area (Å²) in [5.41, 5.74) is 0. The summed E-state index contributed by atoms with van der Waals surface area (Å²) in [5.74, 6) is 0. The van der Waals surface area contributed by atoms with E-state index >= 15 is 0 Å². The fourth-order valence-electron chi connectivity index (χ4n) is 4.36. The second-order valence-electron chi connectivity index (χ2n) is 7.59. The Labute approximate surface area is 151 Å². The molecule has 0 spiro atoms. The maximum absolute atomic E-state index is 2.32. The van der Waals surface area contributed by atoms with Crippen molar-refractivity contribution in [2.75, 3.05) is 52.4 Å². The normalized spacial score (nSPS) is 29.7. The minimum Gasteiger partial charge on any atom is -1.00 e. The number of halogens is 2. The van der Waals surface area contributed by atoms with E-state index in [1.54, 1.807) is 0 Å². The Morgan fingerprint density at radius 3 is 1.09 bits per heavy atom. The Morgan fingerprint density at radius 1 is 0.500 bits per heavy atom. The van der Waals surface area contributed by atoms with E-state index in [9.17, 15) is 0 Å². The van der Waals surface area contributed by atoms with Crippen LogP contribution in [0.5, 0.6) is 0 Å². The molecule has 0 N–H and O–H groups in total. The van der Waals surface area contributed by atoms with Gasteiger partial charge in [-0.2, -0.15) is 0 Å². The molecule has 22 heavy (non-hydrogen) atoms. The quantitative estimate of drug-likeness (QED) is 0.309. The zero-order valence-electron chi connectivity index (χ0n) is 15.0. The first-order valence-corrected chi connectivity index (χ1v) is 9.44. The first-order chi connectivity index (χ1) is 9.74. The molecule has 0 unspecified atom stereocenters. The van der Waals surface area contributed by atoms with Crippen LogP contribution in [0.1, 0.15) is 65.2 Å². The van der Waals surface area contributed by atoms with Crippen LogP contribution in [0.15, 0.2) is 0 Å². The van der Waals surface area contributed by atoms with Gasteiger partial charge >= 0.3 is 0 Å². The molecule has 3 saturated heterocycles. The van der Waals surface area contributed by atoms with Crippen molar-refractivity contribution in [3.63, 3.8) is 0 Å². The van der Waals surface area contributed by atoms with Crippen LogP contribution in [0.25, 0.3) is 0 Å². The zero-order valence-corrected chi connectivity index (χ0v) is 16.5. The smallest absolute Gasteiger partial charge is 0.129 e. The molecule has 4 heteroatoms. The Balaban J connectivity index is 0.00000220. The second-order valence-corrected chi connectivity index (χ2v) is 7.59. The van der Waals surface area contributed by atoms with E-state index in [4.69, 9.17) is 0 Å². The van der Waals surface area contributed by atoms with E-state index in [0.29, 0.717) is 0 Å². The van der Waals surface area contributed by atoms with Gasteiger partial charge in [-0.3, -0.25) is 0 Å². The maximum Gasteiger partial charge on any atom is 0.129 e. The Bertz CT molecular complexity index is 232. The van der Waals surface area contributed by atoms with Gasteiger partial charge < -0.3 is 33.8 Å². The largest absolute Gasteiger partial charge is 1.00 e. The molecule has 0 radical (unpaired) electrons. The SMILES string of the molecule is CCCCCC[N+]12CC[N+](CCCCCC)(CC1)CC2.[Cl-].[Cl-]. The van der Waals surface area contributed by atoms with E-state index in [1.165, 1.54) is 113 Å². The van der Waals surface area contributed by atoms with Crippen LogP contribution in [0.2, 0.25) is 0 Å². The number of quaternary nitrogens is 2. The number of nitrogens with zero attached hydrogens (tertiary/aromatic N) is 2. The first-order valence-electron chi connectivity index (χ1n) is 9.44. The summed E-state index contributed by atoms with van der Waals surface area (Å²) in [5, 5.41) is 0. The number of piperazine rings is 3. The topological polar surface area (TPSA) is 0 Å². The van der Waals surface area contributed by atoms with Gasteiger partial charge in [0.05, 0.1) is 13.1 Å². The lowest BCUT2D eigenvalue weighted by atomic mass is 10.0. The van der Waals surface area contributed by atoms with Gasteiger partial charge in [-0.1, -0.05) is 39.5 Å². The predicted octanol–water partition coefficient (Wildman–Crippen LogP) is -2.18. The summed E-state index contributed by atoms with van der Waals surface area (Å²) in [7, 11) is 0. The van der Waals surface area contributed by atoms with Gasteiger partial charge in [-0.15, -0.1) is 0 Å². The van der Waals surface area contributed by atoms with E-state index in [1.807, 2.05) is 0 Å². The Kier molecular flexibility index (Phi) is 11.4. The van der Waals surface area contributed by atoms with Gasteiger partial charge in [0.2, 0.25) is 0 Å². The number of fused-ring (bicyclic) bond motifs is 3. The highest BCUT2D eigenvalue weighted by molar-refractivity contribution is 4.63. The van der Waals surface area contributed by atoms with Gasteiger partial charge in [-0.05, 0) is 25.7 Å². The van der Waals surface area contributed by atoms with Gasteiger partial charge in [-0.25, -0.2) is 0 Å². The Hall–Kier alpha value is 0.500. The van der Waals surface area contributed by atoms with Gasteiger partial charge in [0.25, 0.3) is 0 Å². The highest BCUT2D eigenvalue weighted by atomic mass is 35.5. The fraction of sp³-hybridized carbons (Fsp3) is 1.00. The zero-order chi connectivity index (χ0) is 14.3. The third kappa shape index (κ3) is 6.19. The molecule has 0 aromatic carbocycles. The van der Waals surface area contributed by atoms with Crippen LogP contribution in [-0.4, -0.2) is 61.3 Å². The van der Waals surface area contributed by atoms with Crippen LogP contribution in [0, 0.1) is 0 Å². The molecule has 0 aromatic rings. The molecule has 0 atom stereocenters. The van der Waals surface area contributed by atoms with Crippen molar-refractivity contribution in [3.8, 4) is 0 Å². The fourth-order valence-corrected chi connectivity index (χ4v) is 4.36. The molecule has 3 aliphatic heterocycles. The van der Waals surface area contributed by atoms with Gasteiger partial charge in [0.15, 0.2) is 0 Å². The van der Waals surface area contributed by atoms with Crippen molar-refractivity contribution in [2.24, 2.45) is 0 Å². The van der Waals surface area contributed by atoms with E-state index < -0.39 is 0 Å². The summed E-state index contributed by atoms with van der Waals surface area (Å²) in [6.07, 6.45) is 11.5. The van der Waals surface area contributed by atoms with Crippen molar-refractivity contribution >= 4 is 0 Å². The summed E-state index contributed by atoms with van der Waals surface area (Å²) in [4.78, 5) is 0. The van der Waals surface area contributed by atoms with Crippen LogP contribution in [0.4, 0.5) is 0 Å². The maximum atomic E-state index is 2.32. The molecule has 3 fully saturated rings. The third-order valence-electron chi connectivity index (χ3n) is 6.12. The van der Waals surface area contributed by atoms with Crippen LogP contribution < -0.4 is 24.8 Å². The lowest BCUT2D eigenvalue weighted by Gasteiger charge is -2.55. The Morgan fingerprint density at radius 2 is 0.818 bits per heavy atom. The lowest BCUT2D eigenvalue weighted by molar-refractivity contribution is -1.08. The number of hydrogen-bond acceptors (Lipinski definition) is 0. The van der Waals surface area contributed by atoms with Crippen molar-refractivity contribution in [3.05, 3.63) is 0 Å². The van der Waals surface area contributed by atoms with E-state index in [2.05, 4.69) is 13.8 Å². The minimum absolute atomic E-state index is 0. The second kappa shape index (κ2) is 11.1. The van der Waals surface area contributed by atoms with Crippen LogP contribution in [0.3, 0.4) is 0 Å². The lowest BCUT2D eigenvalue weighted by Crippen LogP contribution is -3.00. The monoisotopic (exact) mass is 352 g/mol. The molecular weight excluding hydrogens is 315 g/mol. The molecular formula is C18H38Cl2N2. The van der Waals surface area contributed by atoms with E-state index in [0.717, 1.165) is 0 Å². The predicted molar refractivity (Wildman–Crippen MR) is 87.7 cm³/mol. The number of hydrogen-bond donors (Lipinski definition) is 0. The molecule has 0 amide bonds. The molecule has 0 aromatic heterocycles. The van der Waals surface area contributed by atoms with Crippen molar-refractivity contribution < 1.29 is 33.8 Å². The molecule has 0 saturated carbocycles. The molecule has 3 aliphatic rings. The molecule has 0 aliphatic carbocycles. The highest BCUT2D eigenvalue weighted by Gasteiger charge is 2.47. The van der Waals surface area contributed by atoms with Crippen LogP contribution >= 0.6 is 0 Å². The average molecular weight is 353 g/mol. The molecule has 2 bridgehead atoms. The number of unbranched alkanes of at least 4 members (excludes halogenated alkanes) is 6. The van der Waals surface area contributed by atoms with Crippen molar-refractivity contribution in [1.29, 1.82) is 0 Å². The molecule has 134 valence electrons. The van der Waals surface area contributed by atoms with Gasteiger partial charge in [0, 0.05) is 0 Å². The first kappa shape index (κ1) is 22.5. The standard InChI is InChI=1S/C18H38N2.2ClH/c1-3-5-7-9-11-19-13-16-20(17-14-19,18-15-19)12-10-8-6-4-2;;/h3-18H2,1-2H3;2*1H/q+2;;/p-2. The average Bonchev–Trinajstić information content (AvgIpc) is 2.50. The van der Waals surface area contributed by atoms with Crippen LogP contribution in [-0.2, 0) is 0 Å². The van der Waals surface area contributed by atoms with E-state index in [-0.39, 0.29) is 24.8 Å². The third-order valence-corrected chi connectivity index (χ3v) is 6.12. The summed E-state index contributed by atoms with van der Waals surface area (Å²) in [6, 6.07) is 0.